The molecule has 184 valence electrons. The molecule has 0 N–H and O–H groups in total. The Morgan fingerprint density at radius 2 is 1.50 bits per heavy atom. The monoisotopic (exact) mass is 496 g/mol. The van der Waals surface area contributed by atoms with Gasteiger partial charge in [-0.3, -0.25) is 5.01 Å². The number of hydrogen-bond donors (Lipinski definition) is 0. The Bertz CT molecular complexity index is 1290. The zero-order valence-electron chi connectivity index (χ0n) is 21.0. The Morgan fingerprint density at radius 1 is 0.806 bits per heavy atom. The summed E-state index contributed by atoms with van der Waals surface area (Å²) in [5, 5.41) is 4.67. The van der Waals surface area contributed by atoms with Crippen LogP contribution in [0, 0.1) is 5.92 Å². The lowest BCUT2D eigenvalue weighted by molar-refractivity contribution is 0.233. The maximum atomic E-state index is 6.55. The maximum Gasteiger partial charge on any atom is 0.129 e. The molecular formula is C32H33ClN2O. The van der Waals surface area contributed by atoms with Crippen molar-refractivity contribution in [1.29, 1.82) is 0 Å². The molecule has 3 aromatic rings. The van der Waals surface area contributed by atoms with Crippen LogP contribution in [0.25, 0.3) is 28.3 Å². The van der Waals surface area contributed by atoms with Gasteiger partial charge in [0.25, 0.3) is 0 Å². The molecule has 2 heterocycles. The van der Waals surface area contributed by atoms with Crippen molar-refractivity contribution in [3.8, 4) is 28.0 Å². The van der Waals surface area contributed by atoms with Gasteiger partial charge >= 0.3 is 0 Å². The summed E-state index contributed by atoms with van der Waals surface area (Å²) in [5.41, 5.74) is 6.93. The molecular weight excluding hydrogens is 464 g/mol. The number of allylic oxidation sites excluding steroid dienone is 2. The van der Waals surface area contributed by atoms with Crippen LogP contribution in [-0.4, -0.2) is 11.6 Å². The first kappa shape index (κ1) is 24.3. The van der Waals surface area contributed by atoms with Crippen LogP contribution in [0.15, 0.2) is 96.4 Å². The van der Waals surface area contributed by atoms with E-state index in [0.29, 0.717) is 11.1 Å². The average Bonchev–Trinajstić information content (AvgIpc) is 2.93. The third-order valence-electron chi connectivity index (χ3n) is 6.98. The lowest BCUT2D eigenvalue weighted by atomic mass is 9.97. The van der Waals surface area contributed by atoms with Gasteiger partial charge in [0.2, 0.25) is 0 Å². The summed E-state index contributed by atoms with van der Waals surface area (Å²) < 4.78 is 6.11. The fraction of sp³-hybridized carbons (Fsp3) is 0.250. The van der Waals surface area contributed by atoms with Crippen molar-refractivity contribution in [2.75, 3.05) is 11.6 Å². The molecule has 5 rings (SSSR count). The molecule has 0 saturated heterocycles. The van der Waals surface area contributed by atoms with Gasteiger partial charge < -0.3 is 4.74 Å². The number of halogens is 1. The van der Waals surface area contributed by atoms with Gasteiger partial charge in [-0.1, -0.05) is 81.1 Å². The van der Waals surface area contributed by atoms with Crippen LogP contribution < -0.4 is 9.75 Å². The second-order valence-electron chi connectivity index (χ2n) is 9.45. The summed E-state index contributed by atoms with van der Waals surface area (Å²) in [7, 11) is 0. The predicted molar refractivity (Wildman–Crippen MR) is 153 cm³/mol. The molecule has 1 unspecified atom stereocenters. The predicted octanol–water partition coefficient (Wildman–Crippen LogP) is 9.23. The molecule has 0 radical (unpaired) electrons. The summed E-state index contributed by atoms with van der Waals surface area (Å²) in [6.45, 7) is 5.30. The highest BCUT2D eigenvalue weighted by Crippen LogP contribution is 2.38. The fourth-order valence-corrected chi connectivity index (χ4v) is 5.02. The highest BCUT2D eigenvalue weighted by molar-refractivity contribution is 6.31. The van der Waals surface area contributed by atoms with Crippen molar-refractivity contribution in [2.24, 2.45) is 5.92 Å². The first-order valence-corrected chi connectivity index (χ1v) is 13.3. The molecule has 2 aliphatic heterocycles. The minimum atomic E-state index is 0.633. The molecule has 4 heteroatoms. The Hall–Kier alpha value is -3.43. The molecule has 1 atom stereocenters. The molecule has 36 heavy (non-hydrogen) atoms. The quantitative estimate of drug-likeness (QED) is 0.274. The number of unbranched alkanes of at least 4 members (excludes halogenated alkanes) is 1. The standard InChI is InChI=1S/C32H33ClN2O/c1-3-5-9-24(4-2)23-36-30-15-12-25(13-16-30)26-10-8-11-27(20-26)28-14-17-31-29(21-28)22-32(33)35-19-7-6-18-34(31)35/h6-8,10-22,24H,3-5,9,23H2,1-2H3. The van der Waals surface area contributed by atoms with Crippen LogP contribution in [0.4, 0.5) is 5.69 Å². The van der Waals surface area contributed by atoms with E-state index in [1.165, 1.54) is 47.9 Å². The van der Waals surface area contributed by atoms with E-state index < -0.39 is 0 Å². The molecule has 0 fully saturated rings. The Labute approximate surface area is 219 Å². The molecule has 0 spiro atoms. The van der Waals surface area contributed by atoms with Crippen LogP contribution in [0.3, 0.4) is 0 Å². The van der Waals surface area contributed by atoms with E-state index in [9.17, 15) is 0 Å². The number of nitrogens with zero attached hydrogens (tertiary/aromatic N) is 2. The third kappa shape index (κ3) is 5.22. The van der Waals surface area contributed by atoms with E-state index in [-0.39, 0.29) is 0 Å². The first-order chi connectivity index (χ1) is 17.7. The van der Waals surface area contributed by atoms with Crippen molar-refractivity contribution in [1.82, 2.24) is 5.01 Å². The molecule has 0 aromatic heterocycles. The topological polar surface area (TPSA) is 15.7 Å². The zero-order chi connectivity index (χ0) is 24.9. The minimum Gasteiger partial charge on any atom is -0.493 e. The van der Waals surface area contributed by atoms with Crippen LogP contribution in [0.2, 0.25) is 0 Å². The summed E-state index contributed by atoms with van der Waals surface area (Å²) >= 11 is 6.55. The van der Waals surface area contributed by atoms with Gasteiger partial charge in [-0.25, -0.2) is 5.01 Å². The number of rotatable bonds is 9. The van der Waals surface area contributed by atoms with Gasteiger partial charge in [0.15, 0.2) is 0 Å². The number of fused-ring (bicyclic) bond motifs is 3. The van der Waals surface area contributed by atoms with Gasteiger partial charge in [0.05, 0.1) is 12.3 Å². The van der Waals surface area contributed by atoms with Crippen LogP contribution in [0.1, 0.15) is 45.1 Å². The Kier molecular flexibility index (Phi) is 7.48. The summed E-state index contributed by atoms with van der Waals surface area (Å²) in [4.78, 5) is 0. The molecule has 3 aromatic carbocycles. The van der Waals surface area contributed by atoms with Crippen molar-refractivity contribution >= 4 is 23.4 Å². The van der Waals surface area contributed by atoms with Crippen molar-refractivity contribution in [3.63, 3.8) is 0 Å². The van der Waals surface area contributed by atoms with E-state index in [1.807, 2.05) is 35.6 Å². The summed E-state index contributed by atoms with van der Waals surface area (Å²) in [6, 6.07) is 23.7. The van der Waals surface area contributed by atoms with E-state index in [1.54, 1.807) is 0 Å². The first-order valence-electron chi connectivity index (χ1n) is 12.9. The van der Waals surface area contributed by atoms with Crippen LogP contribution in [-0.2, 0) is 0 Å². The number of hydrogen-bond acceptors (Lipinski definition) is 3. The highest BCUT2D eigenvalue weighted by atomic mass is 35.5. The summed E-state index contributed by atoms with van der Waals surface area (Å²) in [5.74, 6) is 1.58. The molecule has 0 saturated carbocycles. The van der Waals surface area contributed by atoms with Crippen LogP contribution >= 0.6 is 11.6 Å². The number of hydrazine groups is 1. The van der Waals surface area contributed by atoms with Gasteiger partial charge in [-0.05, 0) is 83.2 Å². The molecule has 2 aliphatic rings. The normalized spacial score (nSPS) is 14.8. The van der Waals surface area contributed by atoms with Crippen LogP contribution in [0.5, 0.6) is 5.75 Å². The Morgan fingerprint density at radius 3 is 2.25 bits per heavy atom. The molecule has 0 amide bonds. The maximum absolute atomic E-state index is 6.55. The minimum absolute atomic E-state index is 0.633. The number of anilines is 1. The fourth-order valence-electron chi connectivity index (χ4n) is 4.76. The van der Waals surface area contributed by atoms with Gasteiger partial charge in [-0.2, -0.15) is 0 Å². The second-order valence-corrected chi connectivity index (χ2v) is 9.83. The van der Waals surface area contributed by atoms with Gasteiger partial charge in [0, 0.05) is 18.0 Å². The number of benzene rings is 3. The summed E-state index contributed by atoms with van der Waals surface area (Å²) in [6.07, 6.45) is 14.9. The molecule has 0 aliphatic carbocycles. The molecule has 3 nitrogen and oxygen atoms in total. The smallest absolute Gasteiger partial charge is 0.129 e. The largest absolute Gasteiger partial charge is 0.493 e. The van der Waals surface area contributed by atoms with Gasteiger partial charge in [0.1, 0.15) is 10.9 Å². The zero-order valence-corrected chi connectivity index (χ0v) is 21.8. The average molecular weight is 497 g/mol. The SMILES string of the molecule is CCCCC(CC)COc1ccc(-c2cccc(-c3ccc4c(c3)C=C(Cl)N3C=CC=CN43)c2)cc1. The second kappa shape index (κ2) is 11.1. The lowest BCUT2D eigenvalue weighted by Crippen LogP contribution is -2.36. The van der Waals surface area contributed by atoms with E-state index >= 15 is 0 Å². The van der Waals surface area contributed by atoms with E-state index in [4.69, 9.17) is 16.3 Å². The van der Waals surface area contributed by atoms with E-state index in [2.05, 4.69) is 85.6 Å². The lowest BCUT2D eigenvalue weighted by Gasteiger charge is -2.38. The van der Waals surface area contributed by atoms with Gasteiger partial charge in [-0.15, -0.1) is 0 Å². The van der Waals surface area contributed by atoms with E-state index in [0.717, 1.165) is 23.6 Å². The Balaban J connectivity index is 1.33. The highest BCUT2D eigenvalue weighted by Gasteiger charge is 2.23. The molecule has 0 bridgehead atoms. The number of ether oxygens (including phenoxy) is 1. The van der Waals surface area contributed by atoms with Crippen molar-refractivity contribution in [2.45, 2.75) is 39.5 Å². The van der Waals surface area contributed by atoms with Crippen molar-refractivity contribution in [3.05, 3.63) is 102 Å². The third-order valence-corrected chi connectivity index (χ3v) is 7.26. The van der Waals surface area contributed by atoms with Crippen molar-refractivity contribution < 1.29 is 4.74 Å².